The number of rotatable bonds is 9. The largest absolute Gasteiger partial charge is 0.310 e. The van der Waals surface area contributed by atoms with Gasteiger partial charge in [-0.2, -0.15) is 9.97 Å². The van der Waals surface area contributed by atoms with E-state index in [1.54, 1.807) is 0 Å². The first-order valence-electron chi connectivity index (χ1n) is 29.9. The third-order valence-electron chi connectivity index (χ3n) is 18.2. The van der Waals surface area contributed by atoms with E-state index < -0.39 is 5.41 Å². The molecule has 0 unspecified atom stereocenters. The zero-order valence-electron chi connectivity index (χ0n) is 48.0. The summed E-state index contributed by atoms with van der Waals surface area (Å²) in [6, 6.07) is 108. The van der Waals surface area contributed by atoms with Crippen molar-refractivity contribution < 1.29 is 0 Å². The number of hydrogen-bond acceptors (Lipinski definition) is 4. The minimum atomic E-state index is -0.479. The zero-order valence-corrected chi connectivity index (χ0v) is 48.0. The van der Waals surface area contributed by atoms with E-state index >= 15 is 0 Å². The quantitative estimate of drug-likeness (QED) is 0.135. The Kier molecular flexibility index (Phi) is 11.5. The molecule has 0 atom stereocenters. The summed E-state index contributed by atoms with van der Waals surface area (Å²) < 4.78 is 2.37. The molecule has 1 aliphatic rings. The predicted octanol–water partition coefficient (Wildman–Crippen LogP) is 21.7. The summed E-state index contributed by atoms with van der Waals surface area (Å²) in [6.45, 7) is 4.85. The second-order valence-corrected chi connectivity index (χ2v) is 23.4. The highest BCUT2D eigenvalue weighted by Gasteiger charge is 2.41. The van der Waals surface area contributed by atoms with Gasteiger partial charge in [-0.15, -0.1) is 0 Å². The molecule has 0 fully saturated rings. The Morgan fingerprint density at radius 2 is 0.805 bits per heavy atom. The van der Waals surface area contributed by atoms with Gasteiger partial charge in [0.15, 0.2) is 11.6 Å². The van der Waals surface area contributed by atoms with Crippen molar-refractivity contribution in [3.05, 3.63) is 308 Å². The van der Waals surface area contributed by atoms with Crippen LogP contribution in [0.3, 0.4) is 0 Å². The van der Waals surface area contributed by atoms with Crippen LogP contribution in [0, 0.1) is 0 Å². The smallest absolute Gasteiger partial charge is 0.238 e. The lowest BCUT2D eigenvalue weighted by atomic mass is 9.79. The van der Waals surface area contributed by atoms with Crippen LogP contribution in [0.2, 0.25) is 0 Å². The summed E-state index contributed by atoms with van der Waals surface area (Å²) in [6.07, 6.45) is 0. The number of anilines is 3. The van der Waals surface area contributed by atoms with Crippen molar-refractivity contribution in [1.29, 1.82) is 0 Å². The number of hydrogen-bond donors (Lipinski definition) is 0. The first-order valence-corrected chi connectivity index (χ1v) is 29.9. The van der Waals surface area contributed by atoms with Crippen LogP contribution in [0.1, 0.15) is 25.0 Å². The summed E-state index contributed by atoms with van der Waals surface area (Å²) in [5.74, 6) is 1.79. The molecule has 14 aromatic carbocycles. The van der Waals surface area contributed by atoms with Crippen molar-refractivity contribution in [3.8, 4) is 73.2 Å². The van der Waals surface area contributed by atoms with E-state index in [4.69, 9.17) is 15.0 Å². The topological polar surface area (TPSA) is 46.8 Å². The maximum Gasteiger partial charge on any atom is 0.238 e. The molecule has 0 N–H and O–H groups in total. The van der Waals surface area contributed by atoms with Gasteiger partial charge in [0.1, 0.15) is 0 Å². The number of aromatic nitrogens is 4. The Labute approximate surface area is 504 Å². The molecule has 16 aromatic rings. The molecule has 0 radical (unpaired) electrons. The van der Waals surface area contributed by atoms with Gasteiger partial charge in [0.25, 0.3) is 0 Å². The van der Waals surface area contributed by atoms with E-state index in [-0.39, 0.29) is 0 Å². The van der Waals surface area contributed by atoms with Crippen LogP contribution >= 0.6 is 0 Å². The molecule has 5 heteroatoms. The lowest BCUT2D eigenvalue weighted by molar-refractivity contribution is 0.664. The lowest BCUT2D eigenvalue weighted by Gasteiger charge is -2.28. The first-order chi connectivity index (χ1) is 42.9. The van der Waals surface area contributed by atoms with Crippen molar-refractivity contribution in [2.75, 3.05) is 4.90 Å². The van der Waals surface area contributed by atoms with E-state index in [2.05, 4.69) is 308 Å². The summed E-state index contributed by atoms with van der Waals surface area (Å²) in [4.78, 5) is 18.7. The Morgan fingerprint density at radius 1 is 0.322 bits per heavy atom. The molecule has 2 aromatic heterocycles. The molecule has 17 rings (SSSR count). The molecule has 408 valence electrons. The van der Waals surface area contributed by atoms with Gasteiger partial charge < -0.3 is 4.90 Å². The molecule has 1 aliphatic carbocycles. The number of benzene rings is 14. The van der Waals surface area contributed by atoms with Gasteiger partial charge >= 0.3 is 0 Å². The molecule has 87 heavy (non-hydrogen) atoms. The minimum Gasteiger partial charge on any atom is -0.310 e. The fraction of sp³-hybridized carbons (Fsp3) is 0.0366. The van der Waals surface area contributed by atoms with Gasteiger partial charge in [0.05, 0.1) is 16.7 Å². The van der Waals surface area contributed by atoms with Gasteiger partial charge in [-0.1, -0.05) is 257 Å². The highest BCUT2D eigenvalue weighted by molar-refractivity contribution is 6.30. The Hall–Kier alpha value is -11.3. The van der Waals surface area contributed by atoms with Crippen molar-refractivity contribution in [1.82, 2.24) is 19.5 Å². The molecule has 0 amide bonds. The monoisotopic (exact) mass is 1110 g/mol. The third-order valence-corrected chi connectivity index (χ3v) is 18.2. The molecule has 2 heterocycles. The Bertz CT molecular complexity index is 5340. The van der Waals surface area contributed by atoms with Crippen LogP contribution < -0.4 is 4.90 Å². The summed E-state index contributed by atoms with van der Waals surface area (Å²) in [5.41, 5.74) is 18.6. The standard InChI is InChI=1S/C82H55N5/c1-82(2)72-51-69-65-38-18-16-36-63(65)62-35-15-17-37-64(62)68(69)50-70(72)75-66-39-19-20-40-67(66)76-71-49-58(44-47-74(71)87(78(76)77(75)82)81-84-79(55-28-11-5-12-29-55)83-80(85-81)56-30-13-6-14-31-56)57-32-23-33-60(48-57)86(59-45-42-53(43-46-59)52-24-7-3-8-25-52)73-41-22-21-34-61(73)54-26-9-4-10-27-54/h3-51H,1-2H3. The number of para-hydroxylation sites is 1. The van der Waals surface area contributed by atoms with Crippen molar-refractivity contribution in [3.63, 3.8) is 0 Å². The van der Waals surface area contributed by atoms with Crippen LogP contribution in [-0.2, 0) is 5.41 Å². The maximum absolute atomic E-state index is 5.54. The van der Waals surface area contributed by atoms with Crippen LogP contribution in [0.5, 0.6) is 0 Å². The molecular weight excluding hydrogens is 1050 g/mol. The molecule has 0 aliphatic heterocycles. The van der Waals surface area contributed by atoms with Gasteiger partial charge in [-0.05, 0) is 148 Å². The predicted molar refractivity (Wildman–Crippen MR) is 364 cm³/mol. The van der Waals surface area contributed by atoms with Gasteiger partial charge in [0.2, 0.25) is 5.95 Å². The highest BCUT2D eigenvalue weighted by atomic mass is 15.2. The summed E-state index contributed by atoms with van der Waals surface area (Å²) in [5, 5.41) is 12.3. The second kappa shape index (κ2) is 19.9. The van der Waals surface area contributed by atoms with Crippen LogP contribution in [0.15, 0.2) is 297 Å². The lowest BCUT2D eigenvalue weighted by Crippen LogP contribution is -2.17. The summed E-state index contributed by atoms with van der Waals surface area (Å²) in [7, 11) is 0. The molecule has 0 spiro atoms. The highest BCUT2D eigenvalue weighted by Crippen LogP contribution is 2.58. The fourth-order valence-corrected chi connectivity index (χ4v) is 14.2. The summed E-state index contributed by atoms with van der Waals surface area (Å²) >= 11 is 0. The van der Waals surface area contributed by atoms with E-state index in [1.165, 1.54) is 81.9 Å². The minimum absolute atomic E-state index is 0.479. The van der Waals surface area contributed by atoms with Crippen LogP contribution in [-0.4, -0.2) is 19.5 Å². The number of fused-ring (bicyclic) bond motifs is 16. The number of nitrogens with zero attached hydrogens (tertiary/aromatic N) is 5. The average Bonchev–Trinajstić information content (AvgIpc) is 1.53. The maximum atomic E-state index is 5.54. The van der Waals surface area contributed by atoms with Gasteiger partial charge in [-0.25, -0.2) is 4.98 Å². The van der Waals surface area contributed by atoms with E-state index in [0.29, 0.717) is 17.6 Å². The molecule has 5 nitrogen and oxygen atoms in total. The van der Waals surface area contributed by atoms with E-state index in [1.807, 2.05) is 12.1 Å². The fourth-order valence-electron chi connectivity index (χ4n) is 14.2. The molecule has 0 bridgehead atoms. The Balaban J connectivity index is 0.936. The van der Waals surface area contributed by atoms with Crippen LogP contribution in [0.4, 0.5) is 17.1 Å². The first kappa shape index (κ1) is 50.3. The van der Waals surface area contributed by atoms with Gasteiger partial charge in [0, 0.05) is 44.3 Å². The van der Waals surface area contributed by atoms with Crippen molar-refractivity contribution in [2.24, 2.45) is 0 Å². The normalized spacial score (nSPS) is 12.6. The molecule has 0 saturated heterocycles. The van der Waals surface area contributed by atoms with Crippen molar-refractivity contribution >= 4 is 82.0 Å². The second-order valence-electron chi connectivity index (χ2n) is 23.4. The van der Waals surface area contributed by atoms with Gasteiger partial charge in [-0.3, -0.25) is 4.57 Å². The van der Waals surface area contributed by atoms with E-state index in [9.17, 15) is 0 Å². The third kappa shape index (κ3) is 8.04. The Morgan fingerprint density at radius 3 is 1.44 bits per heavy atom. The SMILES string of the molecule is CC1(C)c2cc3c4ccccc4c4ccccc4c3cc2-c2c1c1c(c3ccccc23)c2cc(-c3cccc(N(c4ccc(-c5ccccc5)cc4)c4ccccc4-c4ccccc4)c3)ccc2n1-c1nc(-c2ccccc2)nc(-c2ccccc2)n1. The van der Waals surface area contributed by atoms with E-state index in [0.717, 1.165) is 66.9 Å². The molecular formula is C82H55N5. The van der Waals surface area contributed by atoms with Crippen molar-refractivity contribution in [2.45, 2.75) is 19.3 Å². The van der Waals surface area contributed by atoms with Crippen LogP contribution in [0.25, 0.3) is 138 Å². The molecule has 0 saturated carbocycles. The average molecular weight is 1110 g/mol. The zero-order chi connectivity index (χ0) is 57.7.